The normalized spacial score (nSPS) is 24.7. The molecule has 2 atom stereocenters. The first-order valence-electron chi connectivity index (χ1n) is 12.6. The molecule has 0 spiro atoms. The molecule has 2 aromatic carbocycles. The van der Waals surface area contributed by atoms with Gasteiger partial charge in [0.25, 0.3) is 0 Å². The topological polar surface area (TPSA) is 70.7 Å². The summed E-state index contributed by atoms with van der Waals surface area (Å²) < 4.78 is 42.4. The van der Waals surface area contributed by atoms with Crippen molar-refractivity contribution in [3.8, 4) is 5.75 Å². The molecular weight excluding hydrogens is 551 g/mol. The van der Waals surface area contributed by atoms with Gasteiger partial charge in [0.1, 0.15) is 11.8 Å². The standard InChI is InChI=1S/C27H29BrF3N3O3/c28-20-5-1-17(2-6-20)15-22(24(35)32-23-16-34-13-9-18(23)10-14-34)33-25(36)26(11-12-26)19-3-7-21(8-4-19)37-27(29,30)31/h1-8,18,22-23H,9-16H2,(H,32,35)(H,33,36)/t22?,23-/m1/s1. The molecule has 3 aliphatic heterocycles. The van der Waals surface area contributed by atoms with Crippen LogP contribution in [0.4, 0.5) is 13.2 Å². The van der Waals surface area contributed by atoms with Crippen LogP contribution in [-0.4, -0.2) is 54.8 Å². The first kappa shape index (κ1) is 26.0. The first-order chi connectivity index (χ1) is 17.6. The SMILES string of the molecule is O=C(N[C@@H]1CN2CCC1CC2)C(Cc1ccc(Br)cc1)NC(=O)C1(c2ccc(OC(F)(F)F)cc2)CC1. The van der Waals surface area contributed by atoms with E-state index in [0.717, 1.165) is 42.5 Å². The average molecular weight is 580 g/mol. The molecule has 0 aromatic heterocycles. The minimum Gasteiger partial charge on any atom is -0.406 e. The zero-order chi connectivity index (χ0) is 26.2. The van der Waals surface area contributed by atoms with E-state index in [9.17, 15) is 22.8 Å². The van der Waals surface area contributed by atoms with Gasteiger partial charge in [-0.1, -0.05) is 40.2 Å². The average Bonchev–Trinajstić information content (AvgIpc) is 3.67. The summed E-state index contributed by atoms with van der Waals surface area (Å²) in [6.07, 6.45) is -1.20. The fourth-order valence-corrected chi connectivity index (χ4v) is 5.79. The molecule has 1 aliphatic carbocycles. The second kappa shape index (κ2) is 10.3. The summed E-state index contributed by atoms with van der Waals surface area (Å²) in [6.45, 7) is 2.95. The van der Waals surface area contributed by atoms with Gasteiger partial charge in [-0.25, -0.2) is 0 Å². The Balaban J connectivity index is 1.31. The van der Waals surface area contributed by atoms with E-state index in [0.29, 0.717) is 30.7 Å². The van der Waals surface area contributed by atoms with Gasteiger partial charge in [0.2, 0.25) is 11.8 Å². The van der Waals surface area contributed by atoms with Gasteiger partial charge in [0.05, 0.1) is 5.41 Å². The summed E-state index contributed by atoms with van der Waals surface area (Å²) in [4.78, 5) is 29.3. The summed E-state index contributed by atoms with van der Waals surface area (Å²) in [7, 11) is 0. The molecule has 6 nitrogen and oxygen atoms in total. The smallest absolute Gasteiger partial charge is 0.406 e. The van der Waals surface area contributed by atoms with Gasteiger partial charge in [-0.05, 0) is 80.1 Å². The molecule has 3 saturated heterocycles. The molecule has 2 N–H and O–H groups in total. The molecule has 4 aliphatic rings. The van der Waals surface area contributed by atoms with Crippen molar-refractivity contribution in [2.75, 3.05) is 19.6 Å². The number of hydrogen-bond acceptors (Lipinski definition) is 4. The van der Waals surface area contributed by atoms with Gasteiger partial charge >= 0.3 is 6.36 Å². The fourth-order valence-electron chi connectivity index (χ4n) is 5.52. The number of alkyl halides is 3. The minimum absolute atomic E-state index is 0.0652. The van der Waals surface area contributed by atoms with E-state index in [1.165, 1.54) is 24.3 Å². The first-order valence-corrected chi connectivity index (χ1v) is 13.3. The Kier molecular flexibility index (Phi) is 7.24. The maximum Gasteiger partial charge on any atom is 0.573 e. The van der Waals surface area contributed by atoms with E-state index in [1.807, 2.05) is 24.3 Å². The maximum atomic E-state index is 13.5. The molecule has 37 heavy (non-hydrogen) atoms. The molecule has 3 heterocycles. The highest BCUT2D eigenvalue weighted by molar-refractivity contribution is 9.10. The Morgan fingerprint density at radius 1 is 1.05 bits per heavy atom. The van der Waals surface area contributed by atoms with Crippen LogP contribution < -0.4 is 15.4 Å². The lowest BCUT2D eigenvalue weighted by Crippen LogP contribution is -2.60. The number of hydrogen-bond donors (Lipinski definition) is 2. The van der Waals surface area contributed by atoms with Crippen molar-refractivity contribution in [2.45, 2.75) is 56.0 Å². The highest BCUT2D eigenvalue weighted by Crippen LogP contribution is 2.49. The molecule has 2 bridgehead atoms. The van der Waals surface area contributed by atoms with Gasteiger partial charge in [-0.2, -0.15) is 0 Å². The molecular formula is C27H29BrF3N3O3. The third-order valence-corrected chi connectivity index (χ3v) is 8.31. The third kappa shape index (κ3) is 6.12. The second-order valence-corrected chi connectivity index (χ2v) is 11.2. The van der Waals surface area contributed by atoms with Crippen LogP contribution in [0.2, 0.25) is 0 Å². The molecule has 6 rings (SSSR count). The van der Waals surface area contributed by atoms with Crippen LogP contribution >= 0.6 is 15.9 Å². The van der Waals surface area contributed by atoms with Crippen LogP contribution in [0.25, 0.3) is 0 Å². The van der Waals surface area contributed by atoms with Crippen molar-refractivity contribution in [2.24, 2.45) is 5.92 Å². The number of amides is 2. The summed E-state index contributed by atoms with van der Waals surface area (Å²) in [6, 6.07) is 12.3. The number of halogens is 4. The molecule has 198 valence electrons. The number of benzene rings is 2. The van der Waals surface area contributed by atoms with Gasteiger partial charge in [0, 0.05) is 23.5 Å². The molecule has 2 amide bonds. The van der Waals surface area contributed by atoms with Gasteiger partial charge in [-0.15, -0.1) is 13.2 Å². The van der Waals surface area contributed by atoms with Crippen LogP contribution in [0.3, 0.4) is 0 Å². The van der Waals surface area contributed by atoms with Crippen molar-refractivity contribution < 1.29 is 27.5 Å². The number of ether oxygens (including phenoxy) is 1. The highest BCUT2D eigenvalue weighted by Gasteiger charge is 2.52. The second-order valence-electron chi connectivity index (χ2n) is 10.3. The van der Waals surface area contributed by atoms with E-state index in [-0.39, 0.29) is 23.6 Å². The predicted molar refractivity (Wildman–Crippen MR) is 135 cm³/mol. The number of rotatable bonds is 8. The van der Waals surface area contributed by atoms with Crippen molar-refractivity contribution in [1.82, 2.24) is 15.5 Å². The summed E-state index contributed by atoms with van der Waals surface area (Å²) >= 11 is 3.42. The van der Waals surface area contributed by atoms with E-state index >= 15 is 0 Å². The van der Waals surface area contributed by atoms with Crippen LogP contribution in [0.1, 0.15) is 36.8 Å². The predicted octanol–water partition coefficient (Wildman–Crippen LogP) is 4.32. The van der Waals surface area contributed by atoms with Crippen molar-refractivity contribution in [3.05, 3.63) is 64.1 Å². The number of nitrogens with zero attached hydrogens (tertiary/aromatic N) is 1. The molecule has 4 fully saturated rings. The lowest BCUT2D eigenvalue weighted by atomic mass is 9.84. The van der Waals surface area contributed by atoms with Crippen LogP contribution in [0, 0.1) is 5.92 Å². The zero-order valence-electron chi connectivity index (χ0n) is 20.2. The Morgan fingerprint density at radius 2 is 1.70 bits per heavy atom. The zero-order valence-corrected chi connectivity index (χ0v) is 21.8. The highest BCUT2D eigenvalue weighted by atomic mass is 79.9. The number of carbonyl (C=O) groups is 2. The Hall–Kier alpha value is -2.59. The number of nitrogens with one attached hydrogen (secondary N) is 2. The van der Waals surface area contributed by atoms with Crippen LogP contribution in [0.5, 0.6) is 5.75 Å². The summed E-state index contributed by atoms with van der Waals surface area (Å²) in [5.74, 6) is -0.384. The summed E-state index contributed by atoms with van der Waals surface area (Å²) in [5, 5.41) is 6.18. The fraction of sp³-hybridized carbons (Fsp3) is 0.481. The quantitative estimate of drug-likeness (QED) is 0.489. The van der Waals surface area contributed by atoms with Crippen molar-refractivity contribution >= 4 is 27.7 Å². The lowest BCUT2D eigenvalue weighted by Gasteiger charge is -2.45. The molecule has 1 unspecified atom stereocenters. The largest absolute Gasteiger partial charge is 0.573 e. The van der Waals surface area contributed by atoms with Gasteiger partial charge in [-0.3, -0.25) is 9.59 Å². The van der Waals surface area contributed by atoms with Crippen molar-refractivity contribution in [1.29, 1.82) is 0 Å². The molecule has 1 saturated carbocycles. The van der Waals surface area contributed by atoms with E-state index in [2.05, 4.69) is 36.2 Å². The Labute approximate surface area is 222 Å². The van der Waals surface area contributed by atoms with Crippen molar-refractivity contribution in [3.63, 3.8) is 0 Å². The van der Waals surface area contributed by atoms with Crippen LogP contribution in [0.15, 0.2) is 53.0 Å². The Bertz CT molecular complexity index is 1130. The van der Waals surface area contributed by atoms with Gasteiger partial charge in [0.15, 0.2) is 0 Å². The number of fused-ring (bicyclic) bond motifs is 3. The van der Waals surface area contributed by atoms with Crippen LogP contribution in [-0.2, 0) is 21.4 Å². The van der Waals surface area contributed by atoms with E-state index in [1.54, 1.807) is 0 Å². The summed E-state index contributed by atoms with van der Waals surface area (Å²) in [5.41, 5.74) is 0.667. The Morgan fingerprint density at radius 3 is 2.24 bits per heavy atom. The molecule has 0 radical (unpaired) electrons. The molecule has 2 aromatic rings. The maximum absolute atomic E-state index is 13.5. The van der Waals surface area contributed by atoms with E-state index < -0.39 is 17.8 Å². The van der Waals surface area contributed by atoms with Gasteiger partial charge < -0.3 is 20.3 Å². The molecule has 10 heteroatoms. The van der Waals surface area contributed by atoms with E-state index in [4.69, 9.17) is 0 Å². The lowest BCUT2D eigenvalue weighted by molar-refractivity contribution is -0.274. The monoisotopic (exact) mass is 579 g/mol. The minimum atomic E-state index is -4.78. The third-order valence-electron chi connectivity index (χ3n) is 7.78. The number of carbonyl (C=O) groups excluding carboxylic acids is 2. The number of piperidine rings is 3.